The Morgan fingerprint density at radius 1 is 1.11 bits per heavy atom. The van der Waals surface area contributed by atoms with Gasteiger partial charge in [0.05, 0.1) is 0 Å². The summed E-state index contributed by atoms with van der Waals surface area (Å²) in [6, 6.07) is 0. The van der Waals surface area contributed by atoms with Gasteiger partial charge in [-0.05, 0) is 74.2 Å². The molecule has 0 aromatic rings. The van der Waals surface area contributed by atoms with E-state index in [0.29, 0.717) is 18.3 Å². The second-order valence-corrected chi connectivity index (χ2v) is 9.99. The fraction of sp³-hybridized carbons (Fsp3) is 0.783. The standard InChI is InChI=1S/C23H32O4/c1-13(24)18-7-8-19-17-6-5-15-11-16(26)9-10-22(15,3)21(17)20(27-14(2)25)12-23(18,19)4/h11,17-21H,5-10,12H2,1-4H3/t17-,18+,19+,20+,21-,22-,23+/m0/s1. The lowest BCUT2D eigenvalue weighted by Gasteiger charge is -2.60. The molecule has 3 saturated carbocycles. The maximum absolute atomic E-state index is 12.4. The number of esters is 1. The van der Waals surface area contributed by atoms with Gasteiger partial charge < -0.3 is 4.74 Å². The predicted molar refractivity (Wildman–Crippen MR) is 102 cm³/mol. The lowest BCUT2D eigenvalue weighted by molar-refractivity contribution is -0.176. The van der Waals surface area contributed by atoms with Gasteiger partial charge in [0.1, 0.15) is 11.9 Å². The molecule has 0 heterocycles. The van der Waals surface area contributed by atoms with Crippen LogP contribution in [0.4, 0.5) is 0 Å². The fourth-order valence-electron chi connectivity index (χ4n) is 7.64. The van der Waals surface area contributed by atoms with Crippen LogP contribution in [-0.2, 0) is 19.1 Å². The van der Waals surface area contributed by atoms with E-state index >= 15 is 0 Å². The first-order valence-corrected chi connectivity index (χ1v) is 10.6. The fourth-order valence-corrected chi connectivity index (χ4v) is 7.64. The second-order valence-electron chi connectivity index (χ2n) is 9.99. The number of carbonyl (C=O) groups excluding carboxylic acids is 3. The van der Waals surface area contributed by atoms with Gasteiger partial charge in [0, 0.05) is 25.2 Å². The molecular formula is C23H32O4. The third-order valence-corrected chi connectivity index (χ3v) is 8.68. The van der Waals surface area contributed by atoms with E-state index in [1.807, 2.05) is 6.08 Å². The molecule has 0 unspecified atom stereocenters. The summed E-state index contributed by atoms with van der Waals surface area (Å²) < 4.78 is 5.94. The van der Waals surface area contributed by atoms with Gasteiger partial charge >= 0.3 is 5.97 Å². The van der Waals surface area contributed by atoms with Crippen LogP contribution < -0.4 is 0 Å². The second kappa shape index (κ2) is 6.28. The van der Waals surface area contributed by atoms with E-state index in [4.69, 9.17) is 4.74 Å². The number of rotatable bonds is 2. The highest BCUT2D eigenvalue weighted by atomic mass is 16.5. The van der Waals surface area contributed by atoms with Crippen molar-refractivity contribution in [3.63, 3.8) is 0 Å². The molecule has 0 aliphatic heterocycles. The average Bonchev–Trinajstić information content (AvgIpc) is 2.91. The summed E-state index contributed by atoms with van der Waals surface area (Å²) in [5, 5.41) is 0. The number of Topliss-reactive ketones (excluding diaryl/α,β-unsaturated/α-hetero) is 1. The molecule has 4 rings (SSSR count). The van der Waals surface area contributed by atoms with Gasteiger partial charge in [-0.2, -0.15) is 0 Å². The van der Waals surface area contributed by atoms with Crippen molar-refractivity contribution in [2.75, 3.05) is 0 Å². The number of ketones is 2. The van der Waals surface area contributed by atoms with E-state index in [1.165, 1.54) is 12.5 Å². The van der Waals surface area contributed by atoms with Gasteiger partial charge in [-0.3, -0.25) is 14.4 Å². The number of fused-ring (bicyclic) bond motifs is 5. The number of hydrogen-bond acceptors (Lipinski definition) is 4. The Bertz CT molecular complexity index is 722. The lowest BCUT2D eigenvalue weighted by Crippen LogP contribution is -2.57. The maximum atomic E-state index is 12.4. The zero-order valence-corrected chi connectivity index (χ0v) is 17.0. The summed E-state index contributed by atoms with van der Waals surface area (Å²) in [7, 11) is 0. The quantitative estimate of drug-likeness (QED) is 0.679. The van der Waals surface area contributed by atoms with Gasteiger partial charge in [-0.1, -0.05) is 19.4 Å². The van der Waals surface area contributed by atoms with Gasteiger partial charge in [-0.25, -0.2) is 0 Å². The summed E-state index contributed by atoms with van der Waals surface area (Å²) >= 11 is 0. The highest BCUT2D eigenvalue weighted by molar-refractivity contribution is 5.91. The zero-order valence-electron chi connectivity index (χ0n) is 17.0. The van der Waals surface area contributed by atoms with Gasteiger partial charge in [0.2, 0.25) is 0 Å². The Kier molecular flexibility index (Phi) is 4.40. The molecule has 0 radical (unpaired) electrons. The van der Waals surface area contributed by atoms with Crippen molar-refractivity contribution in [1.82, 2.24) is 0 Å². The molecule has 4 nitrogen and oxygen atoms in total. The van der Waals surface area contributed by atoms with Crippen molar-refractivity contribution in [3.8, 4) is 0 Å². The lowest BCUT2D eigenvalue weighted by atomic mass is 9.46. The van der Waals surface area contributed by atoms with E-state index < -0.39 is 0 Å². The molecule has 148 valence electrons. The van der Waals surface area contributed by atoms with Gasteiger partial charge in [-0.15, -0.1) is 0 Å². The highest BCUT2D eigenvalue weighted by Gasteiger charge is 2.63. The minimum Gasteiger partial charge on any atom is -0.462 e. The summed E-state index contributed by atoms with van der Waals surface area (Å²) in [4.78, 5) is 36.4. The summed E-state index contributed by atoms with van der Waals surface area (Å²) in [6.07, 6.45) is 8.02. The molecule has 0 amide bonds. The molecule has 27 heavy (non-hydrogen) atoms. The summed E-state index contributed by atoms with van der Waals surface area (Å²) in [5.74, 6) is 1.61. The molecule has 0 bridgehead atoms. The summed E-state index contributed by atoms with van der Waals surface area (Å²) in [6.45, 7) is 7.77. The Balaban J connectivity index is 1.77. The van der Waals surface area contributed by atoms with Crippen molar-refractivity contribution in [3.05, 3.63) is 11.6 Å². The Morgan fingerprint density at radius 3 is 2.52 bits per heavy atom. The van der Waals surface area contributed by atoms with Crippen molar-refractivity contribution in [2.24, 2.45) is 34.5 Å². The first kappa shape index (κ1) is 18.9. The Morgan fingerprint density at radius 2 is 1.85 bits per heavy atom. The van der Waals surface area contributed by atoms with E-state index in [2.05, 4.69) is 13.8 Å². The first-order valence-electron chi connectivity index (χ1n) is 10.6. The number of hydrogen-bond donors (Lipinski definition) is 0. The minimum atomic E-state index is -0.232. The van der Waals surface area contributed by atoms with Crippen LogP contribution in [-0.4, -0.2) is 23.6 Å². The van der Waals surface area contributed by atoms with E-state index in [9.17, 15) is 14.4 Å². The normalized spacial score (nSPS) is 46.0. The predicted octanol–water partition coefficient (Wildman–Crippen LogP) is 4.27. The molecule has 4 heteroatoms. The molecule has 3 fully saturated rings. The molecule has 0 N–H and O–H groups in total. The van der Waals surface area contributed by atoms with Crippen molar-refractivity contribution < 1.29 is 19.1 Å². The van der Waals surface area contributed by atoms with Crippen LogP contribution in [0.1, 0.15) is 72.6 Å². The van der Waals surface area contributed by atoms with Gasteiger partial charge in [0.25, 0.3) is 0 Å². The molecule has 0 aromatic carbocycles. The SMILES string of the molecule is CC(=O)O[C@@H]1C[C@]2(C)[C@@H](C(C)=O)CC[C@@H]2[C@@H]2CCC3=CC(=O)CC[C@]3(C)[C@@H]21. The molecule has 0 aromatic heterocycles. The van der Waals surface area contributed by atoms with E-state index in [1.54, 1.807) is 6.92 Å². The van der Waals surface area contributed by atoms with Crippen LogP contribution in [0, 0.1) is 34.5 Å². The summed E-state index contributed by atoms with van der Waals surface area (Å²) in [5.41, 5.74) is 1.13. The zero-order chi connectivity index (χ0) is 19.6. The minimum absolute atomic E-state index is 0.0629. The first-order chi connectivity index (χ1) is 12.7. The number of allylic oxidation sites excluding steroid dienone is 1. The molecule has 4 aliphatic carbocycles. The van der Waals surface area contributed by atoms with Crippen molar-refractivity contribution >= 4 is 17.5 Å². The molecule has 4 aliphatic rings. The van der Waals surface area contributed by atoms with E-state index in [-0.39, 0.29) is 46.3 Å². The molecule has 0 saturated heterocycles. The number of carbonyl (C=O) groups is 3. The van der Waals surface area contributed by atoms with Crippen LogP contribution >= 0.6 is 0 Å². The van der Waals surface area contributed by atoms with Gasteiger partial charge in [0.15, 0.2) is 5.78 Å². The van der Waals surface area contributed by atoms with Crippen molar-refractivity contribution in [1.29, 1.82) is 0 Å². The Labute approximate surface area is 162 Å². The molecular weight excluding hydrogens is 340 g/mol. The number of ether oxygens (including phenoxy) is 1. The van der Waals surface area contributed by atoms with E-state index in [0.717, 1.165) is 38.5 Å². The van der Waals surface area contributed by atoms with Crippen LogP contribution in [0.5, 0.6) is 0 Å². The van der Waals surface area contributed by atoms with Crippen LogP contribution in [0.2, 0.25) is 0 Å². The topological polar surface area (TPSA) is 60.4 Å². The maximum Gasteiger partial charge on any atom is 0.302 e. The smallest absolute Gasteiger partial charge is 0.302 e. The largest absolute Gasteiger partial charge is 0.462 e. The molecule has 7 atom stereocenters. The van der Waals surface area contributed by atoms with Crippen LogP contribution in [0.3, 0.4) is 0 Å². The monoisotopic (exact) mass is 372 g/mol. The van der Waals surface area contributed by atoms with Crippen LogP contribution in [0.15, 0.2) is 11.6 Å². The average molecular weight is 373 g/mol. The third kappa shape index (κ3) is 2.74. The molecule has 0 spiro atoms. The Hall–Kier alpha value is -1.45. The van der Waals surface area contributed by atoms with Crippen molar-refractivity contribution in [2.45, 2.75) is 78.7 Å². The van der Waals surface area contributed by atoms with Crippen LogP contribution in [0.25, 0.3) is 0 Å². The highest BCUT2D eigenvalue weighted by Crippen LogP contribution is 2.67. The third-order valence-electron chi connectivity index (χ3n) is 8.68.